The van der Waals surface area contributed by atoms with Gasteiger partial charge < -0.3 is 4.90 Å². The molecule has 8 aromatic carbocycles. The highest BCUT2D eigenvalue weighted by molar-refractivity contribution is 7.26. The minimum absolute atomic E-state index is 1.12. The molecule has 9 rings (SSSR count). The van der Waals surface area contributed by atoms with Gasteiger partial charge in [0.2, 0.25) is 0 Å². The maximum atomic E-state index is 2.42. The first-order chi connectivity index (χ1) is 22.8. The second-order valence-corrected chi connectivity index (χ2v) is 12.8. The van der Waals surface area contributed by atoms with Gasteiger partial charge in [0.1, 0.15) is 0 Å². The molecule has 0 saturated heterocycles. The van der Waals surface area contributed by atoms with Gasteiger partial charge in [-0.2, -0.15) is 0 Å². The maximum Gasteiger partial charge on any atom is 0.0540 e. The Morgan fingerprint density at radius 1 is 0.370 bits per heavy atom. The molecule has 1 heterocycles. The summed E-state index contributed by atoms with van der Waals surface area (Å²) in [4.78, 5) is 2.42. The van der Waals surface area contributed by atoms with E-state index in [0.29, 0.717) is 0 Å². The van der Waals surface area contributed by atoms with Crippen LogP contribution in [0.25, 0.3) is 64.0 Å². The summed E-state index contributed by atoms with van der Waals surface area (Å²) in [5.41, 5.74) is 8.27. The number of anilines is 3. The summed E-state index contributed by atoms with van der Waals surface area (Å²) in [7, 11) is 0. The molecule has 0 aliphatic carbocycles. The number of fused-ring (bicyclic) bond motifs is 6. The third-order valence-electron chi connectivity index (χ3n) is 9.06. The van der Waals surface area contributed by atoms with Crippen molar-refractivity contribution in [3.05, 3.63) is 176 Å². The minimum Gasteiger partial charge on any atom is -0.310 e. The fraction of sp³-hybridized carbons (Fsp3) is 0. The molecular formula is C44H29NS. The van der Waals surface area contributed by atoms with Crippen LogP contribution in [0.2, 0.25) is 0 Å². The van der Waals surface area contributed by atoms with E-state index >= 15 is 0 Å². The first-order valence-corrected chi connectivity index (χ1v) is 16.5. The van der Waals surface area contributed by atoms with E-state index in [-0.39, 0.29) is 0 Å². The smallest absolute Gasteiger partial charge is 0.0540 e. The molecule has 1 nitrogen and oxygen atoms in total. The minimum atomic E-state index is 1.12. The van der Waals surface area contributed by atoms with Gasteiger partial charge in [0.15, 0.2) is 0 Å². The highest BCUT2D eigenvalue weighted by Crippen LogP contribution is 2.46. The number of hydrogen-bond acceptors (Lipinski definition) is 2. The van der Waals surface area contributed by atoms with Crippen LogP contribution in [-0.4, -0.2) is 0 Å². The molecule has 216 valence electrons. The summed E-state index contributed by atoms with van der Waals surface area (Å²) in [5.74, 6) is 0. The number of hydrogen-bond donors (Lipinski definition) is 0. The first-order valence-electron chi connectivity index (χ1n) is 15.7. The first kappa shape index (κ1) is 26.7. The lowest BCUT2D eigenvalue weighted by molar-refractivity contribution is 1.29. The molecule has 46 heavy (non-hydrogen) atoms. The van der Waals surface area contributed by atoms with Crippen LogP contribution in [-0.2, 0) is 0 Å². The van der Waals surface area contributed by atoms with Crippen molar-refractivity contribution in [2.24, 2.45) is 0 Å². The molecule has 0 aliphatic heterocycles. The quantitative estimate of drug-likeness (QED) is 0.189. The van der Waals surface area contributed by atoms with E-state index in [1.807, 2.05) is 11.3 Å². The Bertz CT molecular complexity index is 2520. The Balaban J connectivity index is 1.27. The van der Waals surface area contributed by atoms with Crippen LogP contribution in [0.1, 0.15) is 0 Å². The van der Waals surface area contributed by atoms with E-state index in [1.165, 1.54) is 64.0 Å². The van der Waals surface area contributed by atoms with Crippen molar-refractivity contribution >= 4 is 70.1 Å². The fourth-order valence-electron chi connectivity index (χ4n) is 6.89. The molecule has 0 fully saturated rings. The predicted octanol–water partition coefficient (Wildman–Crippen LogP) is 13.2. The van der Waals surface area contributed by atoms with E-state index in [1.54, 1.807) is 0 Å². The molecular weight excluding hydrogens is 575 g/mol. The van der Waals surface area contributed by atoms with Gasteiger partial charge in [0.25, 0.3) is 0 Å². The van der Waals surface area contributed by atoms with Crippen molar-refractivity contribution in [2.75, 3.05) is 4.90 Å². The lowest BCUT2D eigenvalue weighted by atomic mass is 9.96. The van der Waals surface area contributed by atoms with Crippen LogP contribution >= 0.6 is 11.3 Å². The monoisotopic (exact) mass is 603 g/mol. The molecule has 0 aliphatic rings. The van der Waals surface area contributed by atoms with Crippen LogP contribution in [0.4, 0.5) is 17.1 Å². The Morgan fingerprint density at radius 3 is 1.85 bits per heavy atom. The lowest BCUT2D eigenvalue weighted by Gasteiger charge is -2.28. The Morgan fingerprint density at radius 2 is 1.00 bits per heavy atom. The highest BCUT2D eigenvalue weighted by Gasteiger charge is 2.20. The summed E-state index contributed by atoms with van der Waals surface area (Å²) in [6.45, 7) is 0. The SMILES string of the molecule is c1ccc(-c2ccc(N(c3ccc4c(c3)sc3ccc5ccccc5c34)c3ccccc3-c3cccc4ccccc34)cc2)cc1. The Labute approximate surface area is 272 Å². The number of rotatable bonds is 5. The second-order valence-electron chi connectivity index (χ2n) is 11.7. The van der Waals surface area contributed by atoms with Crippen LogP contribution in [0, 0.1) is 0 Å². The van der Waals surface area contributed by atoms with E-state index in [2.05, 4.69) is 181 Å². The summed E-state index contributed by atoms with van der Waals surface area (Å²) in [5, 5.41) is 7.74. The van der Waals surface area contributed by atoms with Crippen molar-refractivity contribution in [1.82, 2.24) is 0 Å². The number of benzene rings is 8. The standard InChI is InChI=1S/C44H29NS/c1-2-11-30(12-3-1)31-21-24-34(25-22-31)45(41-20-9-8-18-39(41)38-19-10-15-32-13-4-6-16-36(32)38)35-26-27-40-43(29-35)46-42-28-23-33-14-5-7-17-37(33)44(40)42/h1-29H. The summed E-state index contributed by atoms with van der Waals surface area (Å²) >= 11 is 1.87. The van der Waals surface area contributed by atoms with E-state index in [4.69, 9.17) is 0 Å². The van der Waals surface area contributed by atoms with Crippen molar-refractivity contribution in [3.63, 3.8) is 0 Å². The molecule has 0 bridgehead atoms. The summed E-state index contributed by atoms with van der Waals surface area (Å²) in [6.07, 6.45) is 0. The normalized spacial score (nSPS) is 11.5. The molecule has 0 radical (unpaired) electrons. The molecule has 0 spiro atoms. The average Bonchev–Trinajstić information content (AvgIpc) is 3.51. The van der Waals surface area contributed by atoms with Gasteiger partial charge in [-0.05, 0) is 74.6 Å². The van der Waals surface area contributed by atoms with Gasteiger partial charge in [0, 0.05) is 37.1 Å². The zero-order valence-electron chi connectivity index (χ0n) is 25.1. The topological polar surface area (TPSA) is 3.24 Å². The van der Waals surface area contributed by atoms with E-state index in [0.717, 1.165) is 17.1 Å². The molecule has 1 aromatic heterocycles. The average molecular weight is 604 g/mol. The van der Waals surface area contributed by atoms with Crippen molar-refractivity contribution in [2.45, 2.75) is 0 Å². The van der Waals surface area contributed by atoms with Crippen molar-refractivity contribution in [3.8, 4) is 22.3 Å². The molecule has 2 heteroatoms. The third-order valence-corrected chi connectivity index (χ3v) is 10.2. The highest BCUT2D eigenvalue weighted by atomic mass is 32.1. The van der Waals surface area contributed by atoms with Gasteiger partial charge in [-0.15, -0.1) is 11.3 Å². The zero-order chi connectivity index (χ0) is 30.5. The van der Waals surface area contributed by atoms with E-state index < -0.39 is 0 Å². The molecule has 0 N–H and O–H groups in total. The van der Waals surface area contributed by atoms with Crippen LogP contribution in [0.5, 0.6) is 0 Å². The van der Waals surface area contributed by atoms with Gasteiger partial charge in [0.05, 0.1) is 5.69 Å². The number of thiophene rings is 1. The van der Waals surface area contributed by atoms with Crippen molar-refractivity contribution in [1.29, 1.82) is 0 Å². The van der Waals surface area contributed by atoms with Crippen LogP contribution in [0.3, 0.4) is 0 Å². The van der Waals surface area contributed by atoms with Crippen LogP contribution < -0.4 is 4.90 Å². The number of para-hydroxylation sites is 1. The Hall–Kier alpha value is -5.70. The fourth-order valence-corrected chi connectivity index (χ4v) is 8.05. The van der Waals surface area contributed by atoms with Gasteiger partial charge >= 0.3 is 0 Å². The summed E-state index contributed by atoms with van der Waals surface area (Å²) in [6, 6.07) is 63.9. The van der Waals surface area contributed by atoms with E-state index in [9.17, 15) is 0 Å². The van der Waals surface area contributed by atoms with Gasteiger partial charge in [-0.1, -0.05) is 140 Å². The molecule has 9 aromatic rings. The molecule has 0 atom stereocenters. The molecule has 0 unspecified atom stereocenters. The maximum absolute atomic E-state index is 2.42. The second kappa shape index (κ2) is 11.0. The van der Waals surface area contributed by atoms with Crippen molar-refractivity contribution < 1.29 is 0 Å². The van der Waals surface area contributed by atoms with Gasteiger partial charge in [-0.25, -0.2) is 0 Å². The molecule has 0 amide bonds. The molecule has 0 saturated carbocycles. The van der Waals surface area contributed by atoms with Gasteiger partial charge in [-0.3, -0.25) is 0 Å². The number of nitrogens with zero attached hydrogens (tertiary/aromatic N) is 1. The zero-order valence-corrected chi connectivity index (χ0v) is 25.9. The lowest BCUT2D eigenvalue weighted by Crippen LogP contribution is -2.11. The van der Waals surface area contributed by atoms with Crippen LogP contribution in [0.15, 0.2) is 176 Å². The Kier molecular flexibility index (Phi) is 6.40. The summed E-state index contributed by atoms with van der Waals surface area (Å²) < 4.78 is 2.61. The largest absolute Gasteiger partial charge is 0.310 e. The third kappa shape index (κ3) is 4.46. The predicted molar refractivity (Wildman–Crippen MR) is 200 cm³/mol.